The normalized spacial score (nSPS) is 9.67. The van der Waals surface area contributed by atoms with E-state index in [0.29, 0.717) is 11.7 Å². The summed E-state index contributed by atoms with van der Waals surface area (Å²) < 4.78 is 0. The van der Waals surface area contributed by atoms with Crippen LogP contribution in [-0.2, 0) is 9.59 Å². The van der Waals surface area contributed by atoms with Crippen LogP contribution in [0.25, 0.3) is 0 Å². The largest absolute Gasteiger partial charge is 0.356 e. The Kier molecular flexibility index (Phi) is 4.76. The summed E-state index contributed by atoms with van der Waals surface area (Å²) in [7, 11) is 0. The Balaban J connectivity index is 2.27. The van der Waals surface area contributed by atoms with E-state index in [9.17, 15) is 9.59 Å². The third kappa shape index (κ3) is 4.55. The first-order chi connectivity index (χ1) is 7.22. The third-order valence-corrected chi connectivity index (χ3v) is 2.26. The van der Waals surface area contributed by atoms with E-state index in [1.54, 1.807) is 11.6 Å². The molecule has 0 aliphatic rings. The maximum absolute atomic E-state index is 11.3. The molecule has 1 rings (SSSR count). The Labute approximate surface area is 91.9 Å². The van der Waals surface area contributed by atoms with Crippen molar-refractivity contribution in [2.45, 2.75) is 19.8 Å². The van der Waals surface area contributed by atoms with E-state index < -0.39 is 0 Å². The topological polar surface area (TPSA) is 71.1 Å². The Hall–Kier alpha value is -1.43. The number of anilines is 1. The second kappa shape index (κ2) is 6.13. The first kappa shape index (κ1) is 11.6. The molecule has 6 heteroatoms. The number of rotatable bonds is 5. The molecule has 2 amide bonds. The lowest BCUT2D eigenvalue weighted by Crippen LogP contribution is -2.28. The highest BCUT2D eigenvalue weighted by atomic mass is 32.1. The van der Waals surface area contributed by atoms with Gasteiger partial charge < -0.3 is 10.6 Å². The molecule has 1 aromatic rings. The average Bonchev–Trinajstić information content (AvgIpc) is 2.67. The number of hydrogen-bond donors (Lipinski definition) is 2. The van der Waals surface area contributed by atoms with Gasteiger partial charge in [-0.2, -0.15) is 0 Å². The highest BCUT2D eigenvalue weighted by Gasteiger charge is 2.09. The van der Waals surface area contributed by atoms with Crippen LogP contribution in [0.15, 0.2) is 11.6 Å². The highest BCUT2D eigenvalue weighted by Crippen LogP contribution is 2.10. The number of nitrogens with one attached hydrogen (secondary N) is 2. The number of aromatic nitrogens is 1. The van der Waals surface area contributed by atoms with Gasteiger partial charge in [0.25, 0.3) is 0 Å². The van der Waals surface area contributed by atoms with Crippen LogP contribution in [0.3, 0.4) is 0 Å². The van der Waals surface area contributed by atoms with E-state index in [2.05, 4.69) is 15.6 Å². The van der Waals surface area contributed by atoms with Gasteiger partial charge in [0.1, 0.15) is 6.42 Å². The summed E-state index contributed by atoms with van der Waals surface area (Å²) >= 11 is 1.32. The summed E-state index contributed by atoms with van der Waals surface area (Å²) in [5.41, 5.74) is 0. The molecular weight excluding hydrogens is 214 g/mol. The van der Waals surface area contributed by atoms with E-state index >= 15 is 0 Å². The number of nitrogens with zero attached hydrogens (tertiary/aromatic N) is 1. The average molecular weight is 227 g/mol. The van der Waals surface area contributed by atoms with Crippen LogP contribution in [0.4, 0.5) is 5.13 Å². The number of hydrogen-bond acceptors (Lipinski definition) is 4. The zero-order valence-electron chi connectivity index (χ0n) is 8.45. The third-order valence-electron chi connectivity index (χ3n) is 1.57. The molecule has 1 heterocycles. The van der Waals surface area contributed by atoms with Gasteiger partial charge in [-0.05, 0) is 6.42 Å². The van der Waals surface area contributed by atoms with Crippen molar-refractivity contribution < 1.29 is 9.59 Å². The van der Waals surface area contributed by atoms with Crippen molar-refractivity contribution >= 4 is 28.3 Å². The summed E-state index contributed by atoms with van der Waals surface area (Å²) in [6.07, 6.45) is 2.30. The molecule has 0 atom stereocenters. The van der Waals surface area contributed by atoms with E-state index in [4.69, 9.17) is 0 Å². The fraction of sp³-hybridized carbons (Fsp3) is 0.444. The zero-order chi connectivity index (χ0) is 11.1. The predicted molar refractivity (Wildman–Crippen MR) is 58.7 cm³/mol. The van der Waals surface area contributed by atoms with Crippen LogP contribution in [0.2, 0.25) is 0 Å². The molecule has 0 spiro atoms. The molecule has 15 heavy (non-hydrogen) atoms. The second-order valence-corrected chi connectivity index (χ2v) is 3.81. The molecule has 0 aliphatic heterocycles. The molecule has 0 aromatic carbocycles. The Morgan fingerprint density at radius 2 is 2.27 bits per heavy atom. The van der Waals surface area contributed by atoms with Gasteiger partial charge in [-0.1, -0.05) is 6.92 Å². The molecule has 0 bridgehead atoms. The predicted octanol–water partition coefficient (Wildman–Crippen LogP) is 0.998. The fourth-order valence-electron chi connectivity index (χ4n) is 0.921. The smallest absolute Gasteiger partial charge is 0.235 e. The maximum atomic E-state index is 11.3. The molecule has 2 N–H and O–H groups in total. The van der Waals surface area contributed by atoms with Gasteiger partial charge in [0.2, 0.25) is 11.8 Å². The number of carbonyl (C=O) groups excluding carboxylic acids is 2. The number of thiazole rings is 1. The van der Waals surface area contributed by atoms with Crippen LogP contribution < -0.4 is 10.6 Å². The van der Waals surface area contributed by atoms with E-state index in [0.717, 1.165) is 6.42 Å². The van der Waals surface area contributed by atoms with Gasteiger partial charge in [0, 0.05) is 18.1 Å². The minimum absolute atomic E-state index is 0.153. The zero-order valence-corrected chi connectivity index (χ0v) is 9.26. The lowest BCUT2D eigenvalue weighted by atomic mass is 10.3. The van der Waals surface area contributed by atoms with Crippen molar-refractivity contribution in [2.75, 3.05) is 11.9 Å². The molecule has 82 valence electrons. The van der Waals surface area contributed by atoms with Gasteiger partial charge in [0.15, 0.2) is 5.13 Å². The molecule has 0 fully saturated rings. The van der Waals surface area contributed by atoms with Gasteiger partial charge >= 0.3 is 0 Å². The standard InChI is InChI=1S/C9H13N3O2S/c1-2-3-10-7(13)6-8(14)12-9-11-4-5-15-9/h4-5H,2-3,6H2,1H3,(H,10,13)(H,11,12,14). The summed E-state index contributed by atoms with van der Waals surface area (Å²) in [6, 6.07) is 0. The summed E-state index contributed by atoms with van der Waals surface area (Å²) in [5, 5.41) is 7.44. The van der Waals surface area contributed by atoms with Crippen molar-refractivity contribution in [2.24, 2.45) is 0 Å². The maximum Gasteiger partial charge on any atom is 0.235 e. The van der Waals surface area contributed by atoms with Crippen molar-refractivity contribution in [1.29, 1.82) is 0 Å². The first-order valence-electron chi connectivity index (χ1n) is 4.68. The van der Waals surface area contributed by atoms with E-state index in [-0.39, 0.29) is 18.2 Å². The summed E-state index contributed by atoms with van der Waals surface area (Å²) in [5.74, 6) is -0.593. The molecule has 0 saturated carbocycles. The Bertz CT molecular complexity index is 324. The van der Waals surface area contributed by atoms with E-state index in [1.807, 2.05) is 6.92 Å². The van der Waals surface area contributed by atoms with Gasteiger partial charge in [0.05, 0.1) is 0 Å². The molecule has 0 radical (unpaired) electrons. The lowest BCUT2D eigenvalue weighted by molar-refractivity contribution is -0.126. The van der Waals surface area contributed by atoms with Gasteiger partial charge in [-0.15, -0.1) is 11.3 Å². The van der Waals surface area contributed by atoms with Crippen LogP contribution in [-0.4, -0.2) is 23.3 Å². The quantitative estimate of drug-likeness (QED) is 0.737. The van der Waals surface area contributed by atoms with Crippen molar-refractivity contribution in [3.8, 4) is 0 Å². The molecular formula is C9H13N3O2S. The molecule has 1 aromatic heterocycles. The van der Waals surface area contributed by atoms with Gasteiger partial charge in [-0.3, -0.25) is 9.59 Å². The fourth-order valence-corrected chi connectivity index (χ4v) is 1.47. The monoisotopic (exact) mass is 227 g/mol. The summed E-state index contributed by atoms with van der Waals surface area (Å²) in [4.78, 5) is 26.3. The van der Waals surface area contributed by atoms with Crippen LogP contribution >= 0.6 is 11.3 Å². The minimum Gasteiger partial charge on any atom is -0.356 e. The Morgan fingerprint density at radius 3 is 2.87 bits per heavy atom. The molecule has 0 aliphatic carbocycles. The molecule has 0 saturated heterocycles. The summed E-state index contributed by atoms with van der Waals surface area (Å²) in [6.45, 7) is 2.55. The lowest BCUT2D eigenvalue weighted by Gasteiger charge is -2.02. The molecule has 0 unspecified atom stereocenters. The minimum atomic E-state index is -0.335. The van der Waals surface area contributed by atoms with Gasteiger partial charge in [-0.25, -0.2) is 4.98 Å². The number of amides is 2. The highest BCUT2D eigenvalue weighted by molar-refractivity contribution is 7.13. The van der Waals surface area contributed by atoms with Crippen molar-refractivity contribution in [3.05, 3.63) is 11.6 Å². The van der Waals surface area contributed by atoms with Crippen LogP contribution in [0.1, 0.15) is 19.8 Å². The first-order valence-corrected chi connectivity index (χ1v) is 5.56. The van der Waals surface area contributed by atoms with Crippen LogP contribution in [0, 0.1) is 0 Å². The Morgan fingerprint density at radius 1 is 1.47 bits per heavy atom. The second-order valence-electron chi connectivity index (χ2n) is 2.91. The van der Waals surface area contributed by atoms with Crippen LogP contribution in [0.5, 0.6) is 0 Å². The molecule has 5 nitrogen and oxygen atoms in total. The number of carbonyl (C=O) groups is 2. The van der Waals surface area contributed by atoms with Crippen molar-refractivity contribution in [1.82, 2.24) is 10.3 Å². The van der Waals surface area contributed by atoms with E-state index in [1.165, 1.54) is 11.3 Å². The van der Waals surface area contributed by atoms with Crippen molar-refractivity contribution in [3.63, 3.8) is 0 Å². The SMILES string of the molecule is CCCNC(=O)CC(=O)Nc1nccs1.